The molecule has 1 spiro atoms. The average molecular weight is 462 g/mol. The number of sulfone groups is 1. The first-order valence-electron chi connectivity index (χ1n) is 12.2. The lowest BCUT2D eigenvalue weighted by Crippen LogP contribution is -2.59. The monoisotopic (exact) mass is 461 g/mol. The number of nitrogens with one attached hydrogen (secondary N) is 2. The van der Waals surface area contributed by atoms with E-state index >= 15 is 0 Å². The lowest BCUT2D eigenvalue weighted by molar-refractivity contribution is -0.0346. The fourth-order valence-electron chi connectivity index (χ4n) is 5.54. The number of likely N-dealkylation sites (tertiary alicyclic amines) is 1. The molecule has 0 bridgehead atoms. The van der Waals surface area contributed by atoms with Gasteiger partial charge in [0.2, 0.25) is 0 Å². The van der Waals surface area contributed by atoms with Crippen LogP contribution in [0.15, 0.2) is 40.9 Å². The van der Waals surface area contributed by atoms with Crippen molar-refractivity contribution in [1.29, 1.82) is 0 Å². The number of benzene rings is 1. The molecule has 178 valence electrons. The minimum atomic E-state index is -3.15. The molecule has 0 aromatic heterocycles. The highest BCUT2D eigenvalue weighted by Crippen LogP contribution is 2.54. The Morgan fingerprint density at radius 2 is 1.84 bits per heavy atom. The van der Waals surface area contributed by atoms with Gasteiger partial charge >= 0.3 is 0 Å². The molecule has 2 aliphatic heterocycles. The second kappa shape index (κ2) is 10.1. The molecular formula is C25H39N3O3S. The Kier molecular flexibility index (Phi) is 7.47. The van der Waals surface area contributed by atoms with Gasteiger partial charge in [0.15, 0.2) is 9.84 Å². The zero-order valence-corrected chi connectivity index (χ0v) is 20.4. The van der Waals surface area contributed by atoms with Crippen LogP contribution in [-0.4, -0.2) is 52.1 Å². The van der Waals surface area contributed by atoms with Crippen molar-refractivity contribution in [3.8, 4) is 5.75 Å². The molecule has 2 N–H and O–H groups in total. The number of ether oxygens (including phenoxy) is 1. The van der Waals surface area contributed by atoms with E-state index < -0.39 is 9.84 Å². The molecule has 1 unspecified atom stereocenters. The van der Waals surface area contributed by atoms with Gasteiger partial charge in [0.25, 0.3) is 0 Å². The number of unbranched alkanes of at least 4 members (excludes halogenated alkanes) is 1. The van der Waals surface area contributed by atoms with Crippen molar-refractivity contribution in [2.75, 3.05) is 32.5 Å². The van der Waals surface area contributed by atoms with E-state index in [4.69, 9.17) is 4.74 Å². The van der Waals surface area contributed by atoms with Crippen LogP contribution in [-0.2, 0) is 9.84 Å². The van der Waals surface area contributed by atoms with Gasteiger partial charge in [-0.05, 0) is 92.3 Å². The normalized spacial score (nSPS) is 23.9. The third kappa shape index (κ3) is 5.86. The Bertz CT molecular complexity index is 882. The fraction of sp³-hybridized carbons (Fsp3) is 0.680. The molecule has 1 aromatic rings. The maximum Gasteiger partial charge on any atom is 0.175 e. The van der Waals surface area contributed by atoms with Gasteiger partial charge in [-0.25, -0.2) is 8.42 Å². The van der Waals surface area contributed by atoms with E-state index in [-0.39, 0.29) is 0 Å². The van der Waals surface area contributed by atoms with Gasteiger partial charge in [0, 0.05) is 25.9 Å². The Hall–Kier alpha value is -1.57. The molecule has 6 nitrogen and oxygen atoms in total. The Balaban J connectivity index is 1.08. The van der Waals surface area contributed by atoms with Crippen LogP contribution < -0.4 is 15.4 Å². The highest BCUT2D eigenvalue weighted by molar-refractivity contribution is 7.90. The summed E-state index contributed by atoms with van der Waals surface area (Å²) in [4.78, 5) is 2.91. The quantitative estimate of drug-likeness (QED) is 0.544. The molecule has 1 aliphatic carbocycles. The summed E-state index contributed by atoms with van der Waals surface area (Å²) >= 11 is 0. The van der Waals surface area contributed by atoms with E-state index in [0.717, 1.165) is 31.1 Å². The van der Waals surface area contributed by atoms with Gasteiger partial charge in [-0.1, -0.05) is 13.3 Å². The Labute approximate surface area is 193 Å². The molecule has 1 aromatic carbocycles. The summed E-state index contributed by atoms with van der Waals surface area (Å²) in [6, 6.07) is 6.72. The third-order valence-corrected chi connectivity index (χ3v) is 8.74. The van der Waals surface area contributed by atoms with Crippen LogP contribution in [0.2, 0.25) is 0 Å². The average Bonchev–Trinajstić information content (AvgIpc) is 2.78. The predicted octanol–water partition coefficient (Wildman–Crippen LogP) is 3.90. The first-order chi connectivity index (χ1) is 15.4. The molecule has 0 radical (unpaired) electrons. The van der Waals surface area contributed by atoms with Crippen molar-refractivity contribution < 1.29 is 13.2 Å². The summed E-state index contributed by atoms with van der Waals surface area (Å²) in [5, 5.41) is 7.17. The van der Waals surface area contributed by atoms with Gasteiger partial charge in [-0.2, -0.15) is 0 Å². The van der Waals surface area contributed by atoms with Gasteiger partial charge in [0.05, 0.1) is 11.5 Å². The molecule has 3 aliphatic rings. The zero-order chi connectivity index (χ0) is 22.6. The van der Waals surface area contributed by atoms with E-state index in [1.165, 1.54) is 63.4 Å². The maximum atomic E-state index is 11.5. The van der Waals surface area contributed by atoms with E-state index in [1.807, 2.05) is 0 Å². The summed E-state index contributed by atoms with van der Waals surface area (Å²) in [6.07, 6.45) is 13.9. The summed E-state index contributed by atoms with van der Waals surface area (Å²) in [6.45, 7) is 6.30. The number of nitrogens with zero attached hydrogens (tertiary/aromatic N) is 1. The van der Waals surface area contributed by atoms with Crippen molar-refractivity contribution in [3.05, 3.63) is 36.0 Å². The van der Waals surface area contributed by atoms with E-state index in [2.05, 4.69) is 28.7 Å². The van der Waals surface area contributed by atoms with Gasteiger partial charge in [-0.15, -0.1) is 0 Å². The number of hydrogen-bond acceptors (Lipinski definition) is 6. The van der Waals surface area contributed by atoms with Crippen molar-refractivity contribution >= 4 is 9.84 Å². The first kappa shape index (κ1) is 23.6. The van der Waals surface area contributed by atoms with Crippen LogP contribution in [0, 0.1) is 11.3 Å². The lowest BCUT2D eigenvalue weighted by atomic mass is 9.56. The lowest BCUT2D eigenvalue weighted by Gasteiger charge is -2.53. The van der Waals surface area contributed by atoms with Crippen LogP contribution >= 0.6 is 0 Å². The van der Waals surface area contributed by atoms with E-state index in [1.54, 1.807) is 24.3 Å². The Morgan fingerprint density at radius 1 is 1.12 bits per heavy atom. The summed E-state index contributed by atoms with van der Waals surface area (Å²) in [5.74, 6) is 1.63. The summed E-state index contributed by atoms with van der Waals surface area (Å²) in [5.41, 5.74) is 2.06. The van der Waals surface area contributed by atoms with Crippen LogP contribution in [0.3, 0.4) is 0 Å². The molecule has 4 rings (SSSR count). The molecule has 7 heteroatoms. The molecule has 1 saturated heterocycles. The Morgan fingerprint density at radius 3 is 2.44 bits per heavy atom. The molecule has 0 amide bonds. The maximum absolute atomic E-state index is 11.5. The molecule has 2 heterocycles. The zero-order valence-electron chi connectivity index (χ0n) is 19.6. The largest absolute Gasteiger partial charge is 0.494 e. The van der Waals surface area contributed by atoms with Crippen LogP contribution in [0.1, 0.15) is 58.3 Å². The molecule has 2 fully saturated rings. The summed E-state index contributed by atoms with van der Waals surface area (Å²) in [7, 11) is -3.15. The number of hydrogen-bond donors (Lipinski definition) is 2. The minimum absolute atomic E-state index is 0.307. The predicted molar refractivity (Wildman–Crippen MR) is 128 cm³/mol. The van der Waals surface area contributed by atoms with Gasteiger partial charge in [-0.3, -0.25) is 10.2 Å². The third-order valence-electron chi connectivity index (χ3n) is 7.62. The molecule has 1 atom stereocenters. The van der Waals surface area contributed by atoms with Crippen molar-refractivity contribution in [2.24, 2.45) is 11.3 Å². The number of rotatable bonds is 9. The van der Waals surface area contributed by atoms with Gasteiger partial charge < -0.3 is 10.1 Å². The van der Waals surface area contributed by atoms with Crippen LogP contribution in [0.4, 0.5) is 0 Å². The fourth-order valence-corrected chi connectivity index (χ4v) is 6.17. The van der Waals surface area contributed by atoms with E-state index in [0.29, 0.717) is 23.2 Å². The highest BCUT2D eigenvalue weighted by Gasteiger charge is 2.45. The highest BCUT2D eigenvalue weighted by atomic mass is 32.2. The minimum Gasteiger partial charge on any atom is -0.494 e. The number of piperidine rings is 1. The van der Waals surface area contributed by atoms with Crippen molar-refractivity contribution in [1.82, 2.24) is 15.5 Å². The van der Waals surface area contributed by atoms with Crippen LogP contribution in [0.5, 0.6) is 5.75 Å². The van der Waals surface area contributed by atoms with Crippen molar-refractivity contribution in [2.45, 2.75) is 69.5 Å². The summed E-state index contributed by atoms with van der Waals surface area (Å²) < 4.78 is 28.8. The SMILES string of the molecule is CCC1=CNC(N2CCC3(CC2)CC(CCCCOc2ccc(S(C)(=O)=O)cc2)C3)NC1. The first-order valence-corrected chi connectivity index (χ1v) is 14.1. The topological polar surface area (TPSA) is 70.7 Å². The second-order valence-corrected chi connectivity index (χ2v) is 12.0. The molecular weight excluding hydrogens is 422 g/mol. The van der Waals surface area contributed by atoms with Crippen LogP contribution in [0.25, 0.3) is 0 Å². The van der Waals surface area contributed by atoms with E-state index in [9.17, 15) is 8.42 Å². The molecule has 1 saturated carbocycles. The standard InChI is InChI=1S/C25H39N3O3S/c1-3-20-18-26-24(27-19-20)28-13-11-25(12-14-28)16-21(17-25)6-4-5-15-31-22-7-9-23(10-8-22)32(2,29)30/h7-10,18,21,24,26-27H,3-6,11-17,19H2,1-2H3. The second-order valence-electron chi connectivity index (χ2n) is 10.0. The van der Waals surface area contributed by atoms with Gasteiger partial charge in [0.1, 0.15) is 12.0 Å². The van der Waals surface area contributed by atoms with Crippen molar-refractivity contribution in [3.63, 3.8) is 0 Å². The smallest absolute Gasteiger partial charge is 0.175 e. The molecule has 32 heavy (non-hydrogen) atoms.